The van der Waals surface area contributed by atoms with Crippen LogP contribution in [0.15, 0.2) is 76.4 Å². The summed E-state index contributed by atoms with van der Waals surface area (Å²) < 4.78 is 26.7. The van der Waals surface area contributed by atoms with Crippen LogP contribution in [0.5, 0.6) is 23.0 Å². The highest BCUT2D eigenvalue weighted by Crippen LogP contribution is 2.33. The van der Waals surface area contributed by atoms with Gasteiger partial charge in [0.2, 0.25) is 11.8 Å². The van der Waals surface area contributed by atoms with E-state index in [9.17, 15) is 9.59 Å². The fourth-order valence-corrected chi connectivity index (χ4v) is 4.18. The molecule has 4 rings (SSSR count). The first-order chi connectivity index (χ1) is 19.4. The highest BCUT2D eigenvalue weighted by Gasteiger charge is 2.14. The maximum Gasteiger partial charge on any atom is 0.277 e. The second-order valence-corrected chi connectivity index (χ2v) is 9.10. The van der Waals surface area contributed by atoms with Crippen molar-refractivity contribution in [3.05, 3.63) is 77.9 Å². The van der Waals surface area contributed by atoms with E-state index in [4.69, 9.17) is 23.4 Å². The fourth-order valence-electron chi connectivity index (χ4n) is 3.62. The van der Waals surface area contributed by atoms with Crippen LogP contribution in [-0.2, 0) is 4.79 Å². The third kappa shape index (κ3) is 7.00. The molecule has 0 saturated carbocycles. The second kappa shape index (κ2) is 13.3. The molecule has 0 aliphatic heterocycles. The van der Waals surface area contributed by atoms with Crippen LogP contribution < -0.4 is 24.3 Å². The van der Waals surface area contributed by atoms with Crippen LogP contribution in [0.4, 0.5) is 5.69 Å². The molecule has 40 heavy (non-hydrogen) atoms. The molecule has 0 spiro atoms. The van der Waals surface area contributed by atoms with Gasteiger partial charge in [0.05, 0.1) is 34.2 Å². The van der Waals surface area contributed by atoms with Crippen molar-refractivity contribution in [1.82, 2.24) is 10.2 Å². The molecule has 4 aromatic rings. The van der Waals surface area contributed by atoms with Gasteiger partial charge in [0.25, 0.3) is 5.22 Å². The Hall–Kier alpha value is -4.77. The van der Waals surface area contributed by atoms with Crippen molar-refractivity contribution < 1.29 is 33.0 Å². The number of ether oxygens (including phenoxy) is 4. The Morgan fingerprint density at radius 1 is 0.825 bits per heavy atom. The van der Waals surface area contributed by atoms with E-state index in [1.54, 1.807) is 89.1 Å². The van der Waals surface area contributed by atoms with Crippen LogP contribution in [0.1, 0.15) is 15.9 Å². The first kappa shape index (κ1) is 28.2. The zero-order valence-corrected chi connectivity index (χ0v) is 23.1. The molecule has 0 aliphatic carbocycles. The quantitative estimate of drug-likeness (QED) is 0.137. The van der Waals surface area contributed by atoms with Gasteiger partial charge in [0, 0.05) is 16.8 Å². The lowest BCUT2D eigenvalue weighted by Crippen LogP contribution is -2.14. The Kier molecular flexibility index (Phi) is 9.42. The van der Waals surface area contributed by atoms with Crippen molar-refractivity contribution in [2.75, 3.05) is 39.5 Å². The fraction of sp³-hybridized carbons (Fsp3) is 0.172. The van der Waals surface area contributed by atoms with Crippen molar-refractivity contribution in [3.8, 4) is 34.5 Å². The van der Waals surface area contributed by atoms with Crippen LogP contribution in [0, 0.1) is 0 Å². The Morgan fingerprint density at radius 2 is 1.48 bits per heavy atom. The highest BCUT2D eigenvalue weighted by atomic mass is 32.2. The smallest absolute Gasteiger partial charge is 0.277 e. The Labute approximate surface area is 235 Å². The largest absolute Gasteiger partial charge is 0.493 e. The molecule has 0 bridgehead atoms. The number of anilines is 1. The highest BCUT2D eigenvalue weighted by molar-refractivity contribution is 7.99. The van der Waals surface area contributed by atoms with Crippen molar-refractivity contribution in [2.45, 2.75) is 5.22 Å². The molecule has 10 nitrogen and oxygen atoms in total. The number of carbonyl (C=O) groups is 2. The number of benzene rings is 3. The van der Waals surface area contributed by atoms with Gasteiger partial charge in [-0.2, -0.15) is 0 Å². The minimum atomic E-state index is -0.261. The summed E-state index contributed by atoms with van der Waals surface area (Å²) in [6.07, 6.45) is 3.18. The number of ketones is 1. The molecule has 1 N–H and O–H groups in total. The van der Waals surface area contributed by atoms with Crippen molar-refractivity contribution in [2.24, 2.45) is 0 Å². The number of hydrogen-bond donors (Lipinski definition) is 1. The monoisotopic (exact) mass is 561 g/mol. The van der Waals surface area contributed by atoms with Gasteiger partial charge in [0.15, 0.2) is 28.8 Å². The molecule has 1 aromatic heterocycles. The van der Waals surface area contributed by atoms with Gasteiger partial charge in [-0.3, -0.25) is 9.59 Å². The molecular formula is C29H27N3O7S. The van der Waals surface area contributed by atoms with Gasteiger partial charge in [-0.15, -0.1) is 10.2 Å². The SMILES string of the molecule is COc1ccc(/C=C/C(=O)c2ccc(NC(=O)CSc3nnc(-c4ccc(OC)c(OC)c4)o3)cc2)cc1OC. The topological polar surface area (TPSA) is 122 Å². The average molecular weight is 562 g/mol. The number of methoxy groups -OCH3 is 4. The number of allylic oxidation sites excluding steroid dienone is 1. The predicted octanol–water partition coefficient (Wildman–Crippen LogP) is 5.40. The zero-order valence-electron chi connectivity index (χ0n) is 22.3. The third-order valence-electron chi connectivity index (χ3n) is 5.65. The molecule has 0 unspecified atom stereocenters. The maximum atomic E-state index is 12.6. The standard InChI is InChI=1S/C29H27N3O7S/c1-35-23-13-6-18(15-25(23)37-3)5-12-22(33)19-7-10-21(11-8-19)30-27(34)17-40-29-32-31-28(39-29)20-9-14-24(36-2)26(16-20)38-4/h5-16H,17H2,1-4H3,(H,30,34)/b12-5+. The molecule has 1 heterocycles. The molecule has 0 saturated heterocycles. The van der Waals surface area contributed by atoms with Crippen LogP contribution in [0.25, 0.3) is 17.5 Å². The van der Waals surface area contributed by atoms with Crippen molar-refractivity contribution >= 4 is 35.2 Å². The van der Waals surface area contributed by atoms with Crippen LogP contribution in [0.2, 0.25) is 0 Å². The molecular weight excluding hydrogens is 534 g/mol. The number of amides is 1. The van der Waals surface area contributed by atoms with E-state index < -0.39 is 0 Å². The molecule has 0 fully saturated rings. The van der Waals surface area contributed by atoms with Gasteiger partial charge in [-0.25, -0.2) is 0 Å². The summed E-state index contributed by atoms with van der Waals surface area (Å²) in [6.45, 7) is 0. The summed E-state index contributed by atoms with van der Waals surface area (Å²) in [6, 6.07) is 17.3. The number of carbonyl (C=O) groups excluding carboxylic acids is 2. The summed E-state index contributed by atoms with van der Waals surface area (Å²) in [5.74, 6) is 2.22. The average Bonchev–Trinajstić information content (AvgIpc) is 3.47. The summed E-state index contributed by atoms with van der Waals surface area (Å²) in [4.78, 5) is 25.0. The summed E-state index contributed by atoms with van der Waals surface area (Å²) >= 11 is 1.11. The van der Waals surface area contributed by atoms with Gasteiger partial charge in [-0.1, -0.05) is 23.9 Å². The molecule has 0 radical (unpaired) electrons. The molecule has 0 atom stereocenters. The Balaban J connectivity index is 1.30. The van der Waals surface area contributed by atoms with E-state index in [0.717, 1.165) is 17.3 Å². The summed E-state index contributed by atoms with van der Waals surface area (Å²) in [5, 5.41) is 11.1. The normalized spacial score (nSPS) is 10.8. The summed E-state index contributed by atoms with van der Waals surface area (Å²) in [5.41, 5.74) is 2.50. The van der Waals surface area contributed by atoms with Crippen LogP contribution in [-0.4, -0.2) is 56.1 Å². The van der Waals surface area contributed by atoms with Gasteiger partial charge in [0.1, 0.15) is 0 Å². The van der Waals surface area contributed by atoms with Gasteiger partial charge < -0.3 is 28.7 Å². The number of rotatable bonds is 12. The van der Waals surface area contributed by atoms with E-state index >= 15 is 0 Å². The van der Waals surface area contributed by atoms with Crippen LogP contribution in [0.3, 0.4) is 0 Å². The van der Waals surface area contributed by atoms with Crippen molar-refractivity contribution in [1.29, 1.82) is 0 Å². The lowest BCUT2D eigenvalue weighted by Gasteiger charge is -2.07. The first-order valence-electron chi connectivity index (χ1n) is 12.0. The minimum absolute atomic E-state index is 0.0578. The zero-order chi connectivity index (χ0) is 28.5. The van der Waals surface area contributed by atoms with E-state index in [2.05, 4.69) is 15.5 Å². The first-order valence-corrected chi connectivity index (χ1v) is 13.0. The van der Waals surface area contributed by atoms with E-state index in [1.807, 2.05) is 6.07 Å². The van der Waals surface area contributed by atoms with E-state index in [1.165, 1.54) is 6.08 Å². The predicted molar refractivity (Wildman–Crippen MR) is 152 cm³/mol. The second-order valence-electron chi connectivity index (χ2n) is 8.17. The van der Waals surface area contributed by atoms with Gasteiger partial charge >= 0.3 is 0 Å². The lowest BCUT2D eigenvalue weighted by molar-refractivity contribution is -0.113. The van der Waals surface area contributed by atoms with Crippen molar-refractivity contribution in [3.63, 3.8) is 0 Å². The molecule has 3 aromatic carbocycles. The molecule has 11 heteroatoms. The van der Waals surface area contributed by atoms with Gasteiger partial charge in [-0.05, 0) is 66.2 Å². The maximum absolute atomic E-state index is 12.6. The van der Waals surface area contributed by atoms with E-state index in [0.29, 0.717) is 45.7 Å². The summed E-state index contributed by atoms with van der Waals surface area (Å²) in [7, 11) is 6.21. The molecule has 1 amide bonds. The number of thioether (sulfide) groups is 1. The minimum Gasteiger partial charge on any atom is -0.493 e. The molecule has 0 aliphatic rings. The lowest BCUT2D eigenvalue weighted by atomic mass is 10.1. The number of nitrogens with zero attached hydrogens (tertiary/aromatic N) is 2. The van der Waals surface area contributed by atoms with Crippen LogP contribution >= 0.6 is 11.8 Å². The number of nitrogens with one attached hydrogen (secondary N) is 1. The molecule has 206 valence electrons. The number of aromatic nitrogens is 2. The van der Waals surface area contributed by atoms with E-state index in [-0.39, 0.29) is 22.7 Å². The number of hydrogen-bond acceptors (Lipinski definition) is 10. The third-order valence-corrected chi connectivity index (χ3v) is 6.47. The Morgan fingerprint density at radius 3 is 2.15 bits per heavy atom. The Bertz CT molecular complexity index is 1520.